The van der Waals surface area contributed by atoms with Crippen LogP contribution in [0.2, 0.25) is 0 Å². The molecule has 0 saturated heterocycles. The number of para-hydroxylation sites is 1. The van der Waals surface area contributed by atoms with Crippen LogP contribution in [-0.4, -0.2) is 9.91 Å². The number of non-ortho nitro benzene ring substituents is 1. The molecule has 0 aliphatic heterocycles. The molecule has 27 heavy (non-hydrogen) atoms. The number of nitro benzene ring substituents is 1. The van der Waals surface area contributed by atoms with E-state index in [1.807, 2.05) is 42.5 Å². The largest absolute Gasteiger partial charge is 0.269 e. The second-order valence-electron chi connectivity index (χ2n) is 5.76. The molecule has 0 saturated carbocycles. The molecule has 4 rings (SSSR count). The van der Waals surface area contributed by atoms with Crippen molar-refractivity contribution in [2.45, 2.75) is 4.90 Å². The molecule has 6 heteroatoms. The van der Waals surface area contributed by atoms with Gasteiger partial charge in [-0.25, -0.2) is 4.98 Å². The Kier molecular flexibility index (Phi) is 5.00. The number of hydrogen-bond acceptors (Lipinski definition) is 5. The average molecular weight is 390 g/mol. The number of nitrogens with zero attached hydrogens (tertiary/aromatic N) is 2. The lowest BCUT2D eigenvalue weighted by atomic mass is 10.2. The summed E-state index contributed by atoms with van der Waals surface area (Å²) in [5, 5.41) is 11.8. The minimum atomic E-state index is -0.388. The lowest BCUT2D eigenvalue weighted by molar-refractivity contribution is -0.384. The Balaban J connectivity index is 1.76. The first-order valence-corrected chi connectivity index (χ1v) is 9.87. The highest BCUT2D eigenvalue weighted by Crippen LogP contribution is 2.39. The zero-order chi connectivity index (χ0) is 18.6. The number of thioether (sulfide) groups is 1. The third-order valence-electron chi connectivity index (χ3n) is 3.88. The van der Waals surface area contributed by atoms with Crippen LogP contribution in [0.1, 0.15) is 10.6 Å². The van der Waals surface area contributed by atoms with Crippen LogP contribution in [0.15, 0.2) is 83.8 Å². The summed E-state index contributed by atoms with van der Waals surface area (Å²) in [7, 11) is 0. The van der Waals surface area contributed by atoms with E-state index in [-0.39, 0.29) is 10.6 Å². The minimum Gasteiger partial charge on any atom is -0.258 e. The molecule has 0 fully saturated rings. The second-order valence-corrected chi connectivity index (χ2v) is 7.91. The number of nitro groups is 1. The maximum atomic E-state index is 10.9. The van der Waals surface area contributed by atoms with E-state index in [2.05, 4.69) is 18.2 Å². The van der Waals surface area contributed by atoms with Crippen LogP contribution >= 0.6 is 23.1 Å². The predicted octanol–water partition coefficient (Wildman–Crippen LogP) is 6.49. The van der Waals surface area contributed by atoms with Gasteiger partial charge in [-0.3, -0.25) is 10.1 Å². The Bertz CT molecular complexity index is 1090. The van der Waals surface area contributed by atoms with Gasteiger partial charge in [0.2, 0.25) is 0 Å². The van der Waals surface area contributed by atoms with Gasteiger partial charge in [0, 0.05) is 21.9 Å². The fraction of sp³-hybridized carbons (Fsp3) is 0. The zero-order valence-electron chi connectivity index (χ0n) is 14.1. The summed E-state index contributed by atoms with van der Waals surface area (Å²) in [6.07, 6.45) is 2.03. The van der Waals surface area contributed by atoms with Gasteiger partial charge in [0.05, 0.1) is 15.1 Å². The highest BCUT2D eigenvalue weighted by atomic mass is 32.2. The maximum absolute atomic E-state index is 10.9. The van der Waals surface area contributed by atoms with E-state index in [0.717, 1.165) is 30.6 Å². The standard InChI is InChI=1S/C21H14N2O2S2/c24-23(25)16-12-10-15(11-13-16)14-20(26-17-6-2-1-3-7-17)21-22-18-8-4-5-9-19(18)27-21/h1-14H. The van der Waals surface area contributed by atoms with E-state index >= 15 is 0 Å². The fourth-order valence-electron chi connectivity index (χ4n) is 2.57. The quantitative estimate of drug-likeness (QED) is 0.222. The van der Waals surface area contributed by atoms with Crippen LogP contribution < -0.4 is 0 Å². The van der Waals surface area contributed by atoms with Crippen molar-refractivity contribution in [1.29, 1.82) is 0 Å². The molecule has 132 valence electrons. The van der Waals surface area contributed by atoms with Crippen LogP contribution in [0.4, 0.5) is 5.69 Å². The van der Waals surface area contributed by atoms with Gasteiger partial charge in [-0.05, 0) is 48.0 Å². The van der Waals surface area contributed by atoms with E-state index in [4.69, 9.17) is 4.98 Å². The van der Waals surface area contributed by atoms with Crippen molar-refractivity contribution in [2.24, 2.45) is 0 Å². The molecule has 0 atom stereocenters. The summed E-state index contributed by atoms with van der Waals surface area (Å²) < 4.78 is 1.13. The van der Waals surface area contributed by atoms with Gasteiger partial charge in [0.1, 0.15) is 5.01 Å². The number of rotatable bonds is 5. The number of benzene rings is 3. The molecule has 0 bridgehead atoms. The Morgan fingerprint density at radius 3 is 2.37 bits per heavy atom. The van der Waals surface area contributed by atoms with Gasteiger partial charge in [-0.1, -0.05) is 42.1 Å². The van der Waals surface area contributed by atoms with Crippen molar-refractivity contribution in [3.63, 3.8) is 0 Å². The number of hydrogen-bond donors (Lipinski definition) is 0. The van der Waals surface area contributed by atoms with Gasteiger partial charge in [-0.15, -0.1) is 11.3 Å². The van der Waals surface area contributed by atoms with Crippen molar-refractivity contribution in [3.05, 3.63) is 99.5 Å². The van der Waals surface area contributed by atoms with Crippen LogP contribution in [0.5, 0.6) is 0 Å². The van der Waals surface area contributed by atoms with Crippen LogP contribution in [0.3, 0.4) is 0 Å². The van der Waals surface area contributed by atoms with Crippen molar-refractivity contribution in [1.82, 2.24) is 4.98 Å². The molecule has 0 unspecified atom stereocenters. The smallest absolute Gasteiger partial charge is 0.258 e. The average Bonchev–Trinajstić information content (AvgIpc) is 3.13. The van der Waals surface area contributed by atoms with Crippen molar-refractivity contribution in [3.8, 4) is 0 Å². The first-order chi connectivity index (χ1) is 13.2. The SMILES string of the molecule is O=[N+]([O-])c1ccc(C=C(Sc2ccccc2)c2nc3ccccc3s2)cc1. The maximum Gasteiger partial charge on any atom is 0.269 e. The Morgan fingerprint density at radius 1 is 0.963 bits per heavy atom. The van der Waals surface area contributed by atoms with E-state index in [0.29, 0.717) is 0 Å². The number of thiazole rings is 1. The highest BCUT2D eigenvalue weighted by Gasteiger charge is 2.11. The summed E-state index contributed by atoms with van der Waals surface area (Å²) in [5.74, 6) is 0. The lowest BCUT2D eigenvalue weighted by Gasteiger charge is -2.05. The molecule has 4 nitrogen and oxygen atoms in total. The normalized spacial score (nSPS) is 11.6. The summed E-state index contributed by atoms with van der Waals surface area (Å²) in [6.45, 7) is 0. The summed E-state index contributed by atoms with van der Waals surface area (Å²) >= 11 is 3.28. The number of aromatic nitrogens is 1. The molecule has 0 N–H and O–H groups in total. The minimum absolute atomic E-state index is 0.0874. The Labute approximate surface area is 164 Å². The van der Waals surface area contributed by atoms with E-state index in [9.17, 15) is 10.1 Å². The van der Waals surface area contributed by atoms with E-state index in [1.54, 1.807) is 35.2 Å². The third kappa shape index (κ3) is 4.07. The number of fused-ring (bicyclic) bond motifs is 1. The predicted molar refractivity (Wildman–Crippen MR) is 113 cm³/mol. The molecular formula is C21H14N2O2S2. The van der Waals surface area contributed by atoms with E-state index < -0.39 is 0 Å². The van der Waals surface area contributed by atoms with Crippen LogP contribution in [-0.2, 0) is 0 Å². The second kappa shape index (κ2) is 7.73. The van der Waals surface area contributed by atoms with Gasteiger partial charge in [-0.2, -0.15) is 0 Å². The highest BCUT2D eigenvalue weighted by molar-refractivity contribution is 8.08. The molecule has 3 aromatic carbocycles. The first kappa shape index (κ1) is 17.5. The molecule has 0 radical (unpaired) electrons. The lowest BCUT2D eigenvalue weighted by Crippen LogP contribution is -1.87. The molecular weight excluding hydrogens is 376 g/mol. The fourth-order valence-corrected chi connectivity index (χ4v) is 4.57. The molecule has 0 aliphatic rings. The van der Waals surface area contributed by atoms with Gasteiger partial charge >= 0.3 is 0 Å². The summed E-state index contributed by atoms with van der Waals surface area (Å²) in [5.41, 5.74) is 1.96. The molecule has 1 aromatic heterocycles. The van der Waals surface area contributed by atoms with E-state index in [1.165, 1.54) is 12.1 Å². The van der Waals surface area contributed by atoms with Gasteiger partial charge in [0.25, 0.3) is 5.69 Å². The van der Waals surface area contributed by atoms with Crippen LogP contribution in [0.25, 0.3) is 21.2 Å². The Morgan fingerprint density at radius 2 is 1.67 bits per heavy atom. The molecule has 0 spiro atoms. The monoisotopic (exact) mass is 390 g/mol. The first-order valence-electron chi connectivity index (χ1n) is 8.24. The summed E-state index contributed by atoms with van der Waals surface area (Å²) in [6, 6.07) is 24.7. The van der Waals surface area contributed by atoms with Crippen molar-refractivity contribution >= 4 is 50.0 Å². The topological polar surface area (TPSA) is 56.0 Å². The molecule has 4 aromatic rings. The van der Waals surface area contributed by atoms with Gasteiger partial charge in [0.15, 0.2) is 0 Å². The van der Waals surface area contributed by atoms with Crippen molar-refractivity contribution < 1.29 is 4.92 Å². The Hall–Kier alpha value is -2.96. The molecule has 0 amide bonds. The molecule has 0 aliphatic carbocycles. The summed E-state index contributed by atoms with van der Waals surface area (Å²) in [4.78, 5) is 17.4. The van der Waals surface area contributed by atoms with Crippen molar-refractivity contribution in [2.75, 3.05) is 0 Å². The molecule has 1 heterocycles. The zero-order valence-corrected chi connectivity index (χ0v) is 15.7. The van der Waals surface area contributed by atoms with Crippen LogP contribution in [0, 0.1) is 10.1 Å². The third-order valence-corrected chi connectivity index (χ3v) is 6.12. The van der Waals surface area contributed by atoms with Gasteiger partial charge < -0.3 is 0 Å².